The fourth-order valence-corrected chi connectivity index (χ4v) is 3.59. The van der Waals surface area contributed by atoms with Crippen LogP contribution >= 0.6 is 27.7 Å². The molecule has 1 aliphatic rings. The van der Waals surface area contributed by atoms with Gasteiger partial charge in [0.25, 0.3) is 5.91 Å². The Morgan fingerprint density at radius 1 is 1.27 bits per heavy atom. The standard InChI is InChI=1S/C19H15BrN2O3S/c1-12(23)21-19-22-18(24)17(26-19)10-14-7-8-16(15(20)9-14)25-11-13-5-3-2-4-6-13/h2-10H,11H2,1H3,(H,21,22,23,24). The molecule has 0 unspecified atom stereocenters. The highest BCUT2D eigenvalue weighted by molar-refractivity contribution is 9.10. The third-order valence-corrected chi connectivity index (χ3v) is 4.91. The Hall–Kier alpha value is -2.38. The van der Waals surface area contributed by atoms with Gasteiger partial charge in [0, 0.05) is 6.92 Å². The molecule has 3 rings (SSSR count). The number of halogens is 1. The van der Waals surface area contributed by atoms with Gasteiger partial charge in [0.05, 0.1) is 9.38 Å². The molecule has 26 heavy (non-hydrogen) atoms. The van der Waals surface area contributed by atoms with Crippen LogP contribution in [0.25, 0.3) is 6.08 Å². The number of nitrogens with zero attached hydrogens (tertiary/aromatic N) is 1. The molecule has 0 fully saturated rings. The summed E-state index contributed by atoms with van der Waals surface area (Å²) in [5, 5.41) is 2.83. The largest absolute Gasteiger partial charge is 0.488 e. The van der Waals surface area contributed by atoms with Crippen molar-refractivity contribution in [2.75, 3.05) is 0 Å². The number of nitrogens with one attached hydrogen (secondary N) is 1. The van der Waals surface area contributed by atoms with E-state index >= 15 is 0 Å². The van der Waals surface area contributed by atoms with E-state index < -0.39 is 0 Å². The smallest absolute Gasteiger partial charge is 0.286 e. The fraction of sp³-hybridized carbons (Fsp3) is 0.105. The van der Waals surface area contributed by atoms with Gasteiger partial charge in [-0.3, -0.25) is 9.59 Å². The van der Waals surface area contributed by atoms with Gasteiger partial charge in [0.1, 0.15) is 12.4 Å². The molecule has 132 valence electrons. The van der Waals surface area contributed by atoms with Crippen molar-refractivity contribution < 1.29 is 14.3 Å². The SMILES string of the molecule is CC(=O)NC1=NC(=O)C(=Cc2ccc(OCc3ccccc3)c(Br)c2)S1. The van der Waals surface area contributed by atoms with Crippen LogP contribution in [0.2, 0.25) is 0 Å². The molecule has 0 saturated heterocycles. The van der Waals surface area contributed by atoms with Crippen molar-refractivity contribution in [3.63, 3.8) is 0 Å². The average molecular weight is 431 g/mol. The molecular formula is C19H15BrN2O3S. The molecule has 2 aromatic carbocycles. The van der Waals surface area contributed by atoms with E-state index in [1.54, 1.807) is 6.08 Å². The van der Waals surface area contributed by atoms with Crippen LogP contribution in [0.1, 0.15) is 18.1 Å². The van der Waals surface area contributed by atoms with Crippen molar-refractivity contribution in [3.05, 3.63) is 69.0 Å². The number of thioether (sulfide) groups is 1. The van der Waals surface area contributed by atoms with Gasteiger partial charge in [0.15, 0.2) is 5.17 Å². The number of rotatable bonds is 4. The summed E-state index contributed by atoms with van der Waals surface area (Å²) >= 11 is 4.64. The second kappa shape index (κ2) is 8.33. The molecule has 7 heteroatoms. The number of ether oxygens (including phenoxy) is 1. The zero-order valence-corrected chi connectivity index (χ0v) is 16.3. The van der Waals surface area contributed by atoms with E-state index in [4.69, 9.17) is 4.74 Å². The predicted octanol–water partition coefficient (Wildman–Crippen LogP) is 4.13. The van der Waals surface area contributed by atoms with Crippen molar-refractivity contribution in [3.8, 4) is 5.75 Å². The summed E-state index contributed by atoms with van der Waals surface area (Å²) in [5.74, 6) is 0.101. The molecule has 1 aliphatic heterocycles. The number of amidine groups is 1. The second-order valence-electron chi connectivity index (χ2n) is 5.48. The highest BCUT2D eigenvalue weighted by Gasteiger charge is 2.22. The summed E-state index contributed by atoms with van der Waals surface area (Å²) in [6.07, 6.45) is 1.73. The summed E-state index contributed by atoms with van der Waals surface area (Å²) in [7, 11) is 0. The summed E-state index contributed by atoms with van der Waals surface area (Å²) in [6.45, 7) is 1.85. The highest BCUT2D eigenvalue weighted by atomic mass is 79.9. The van der Waals surface area contributed by atoms with Crippen molar-refractivity contribution in [2.45, 2.75) is 13.5 Å². The Morgan fingerprint density at radius 3 is 2.73 bits per heavy atom. The summed E-state index contributed by atoms with van der Waals surface area (Å²) in [6, 6.07) is 15.5. The maximum Gasteiger partial charge on any atom is 0.286 e. The second-order valence-corrected chi connectivity index (χ2v) is 7.36. The van der Waals surface area contributed by atoms with Gasteiger partial charge < -0.3 is 10.1 Å². The average Bonchev–Trinajstić information content (AvgIpc) is 2.93. The molecule has 0 spiro atoms. The molecule has 0 atom stereocenters. The fourth-order valence-electron chi connectivity index (χ4n) is 2.22. The minimum Gasteiger partial charge on any atom is -0.488 e. The molecule has 1 N–H and O–H groups in total. The van der Waals surface area contributed by atoms with Gasteiger partial charge in [0.2, 0.25) is 5.91 Å². The normalized spacial score (nSPS) is 15.1. The van der Waals surface area contributed by atoms with Crippen LogP contribution in [0.3, 0.4) is 0 Å². The van der Waals surface area contributed by atoms with Crippen LogP contribution in [0.15, 0.2) is 62.9 Å². The number of carbonyl (C=O) groups is 2. The number of carbonyl (C=O) groups excluding carboxylic acids is 2. The van der Waals surface area contributed by atoms with E-state index in [0.717, 1.165) is 33.1 Å². The summed E-state index contributed by atoms with van der Waals surface area (Å²) < 4.78 is 6.61. The van der Waals surface area contributed by atoms with Crippen LogP contribution in [0.4, 0.5) is 0 Å². The van der Waals surface area contributed by atoms with Gasteiger partial charge in [-0.1, -0.05) is 36.4 Å². The first kappa shape index (κ1) is 18.4. The van der Waals surface area contributed by atoms with Crippen LogP contribution in [-0.4, -0.2) is 17.0 Å². The number of hydrogen-bond acceptors (Lipinski definition) is 4. The van der Waals surface area contributed by atoms with Crippen LogP contribution in [-0.2, 0) is 16.2 Å². The molecular weight excluding hydrogens is 416 g/mol. The number of hydrogen-bond donors (Lipinski definition) is 1. The molecule has 0 aliphatic carbocycles. The monoisotopic (exact) mass is 430 g/mol. The van der Waals surface area contributed by atoms with Crippen molar-refractivity contribution in [1.29, 1.82) is 0 Å². The molecule has 0 aromatic heterocycles. The lowest BCUT2D eigenvalue weighted by molar-refractivity contribution is -0.117. The van der Waals surface area contributed by atoms with Crippen molar-refractivity contribution in [1.82, 2.24) is 5.32 Å². The lowest BCUT2D eigenvalue weighted by atomic mass is 10.2. The highest BCUT2D eigenvalue weighted by Crippen LogP contribution is 2.31. The Labute approximate surface area is 163 Å². The van der Waals surface area contributed by atoms with Crippen molar-refractivity contribution >= 4 is 50.7 Å². The quantitative estimate of drug-likeness (QED) is 0.740. The van der Waals surface area contributed by atoms with Gasteiger partial charge in [-0.2, -0.15) is 4.99 Å². The minimum absolute atomic E-state index is 0.257. The zero-order chi connectivity index (χ0) is 18.5. The molecule has 5 nitrogen and oxygen atoms in total. The zero-order valence-electron chi connectivity index (χ0n) is 13.9. The van der Waals surface area contributed by atoms with Gasteiger partial charge in [-0.15, -0.1) is 0 Å². The van der Waals surface area contributed by atoms with Gasteiger partial charge in [-0.05, 0) is 57.0 Å². The number of aliphatic imine (C=N–C) groups is 1. The maximum absolute atomic E-state index is 11.9. The van der Waals surface area contributed by atoms with Gasteiger partial charge >= 0.3 is 0 Å². The van der Waals surface area contributed by atoms with E-state index in [1.807, 2.05) is 48.5 Å². The van der Waals surface area contributed by atoms with Crippen LogP contribution < -0.4 is 10.1 Å². The topological polar surface area (TPSA) is 67.8 Å². The lowest BCUT2D eigenvalue weighted by Crippen LogP contribution is -2.23. The molecule has 2 aromatic rings. The number of benzene rings is 2. The van der Waals surface area contributed by atoms with E-state index in [0.29, 0.717) is 16.7 Å². The third-order valence-electron chi connectivity index (χ3n) is 3.39. The predicted molar refractivity (Wildman–Crippen MR) is 107 cm³/mol. The summed E-state index contributed by atoms with van der Waals surface area (Å²) in [5.41, 5.74) is 1.92. The Morgan fingerprint density at radius 2 is 2.04 bits per heavy atom. The molecule has 0 radical (unpaired) electrons. The van der Waals surface area contributed by atoms with Gasteiger partial charge in [-0.25, -0.2) is 0 Å². The third kappa shape index (κ3) is 4.83. The minimum atomic E-state index is -0.362. The van der Waals surface area contributed by atoms with E-state index in [1.165, 1.54) is 6.92 Å². The first-order chi connectivity index (χ1) is 12.5. The van der Waals surface area contributed by atoms with E-state index in [9.17, 15) is 9.59 Å². The van der Waals surface area contributed by atoms with Crippen LogP contribution in [0, 0.1) is 0 Å². The Kier molecular flexibility index (Phi) is 5.90. The Balaban J connectivity index is 1.68. The molecule has 0 bridgehead atoms. The molecule has 0 saturated carbocycles. The molecule has 2 amide bonds. The first-order valence-corrected chi connectivity index (χ1v) is 9.38. The van der Waals surface area contributed by atoms with Crippen LogP contribution in [0.5, 0.6) is 5.75 Å². The molecule has 1 heterocycles. The summed E-state index contributed by atoms with van der Waals surface area (Å²) in [4.78, 5) is 27.2. The van der Waals surface area contributed by atoms with E-state index in [-0.39, 0.29) is 11.8 Å². The number of amides is 2. The van der Waals surface area contributed by atoms with Crippen molar-refractivity contribution in [2.24, 2.45) is 4.99 Å². The lowest BCUT2D eigenvalue weighted by Gasteiger charge is -2.09. The first-order valence-electron chi connectivity index (χ1n) is 7.78. The maximum atomic E-state index is 11.9. The van der Waals surface area contributed by atoms with E-state index in [2.05, 4.69) is 26.2 Å². The Bertz CT molecular complexity index is 910.